The number of methoxy groups -OCH3 is 1. The number of benzene rings is 2. The van der Waals surface area contributed by atoms with Crippen molar-refractivity contribution in [1.82, 2.24) is 10.1 Å². The maximum atomic E-state index is 12.6. The second-order valence-electron chi connectivity index (χ2n) is 5.74. The average molecular weight is 398 g/mol. The van der Waals surface area contributed by atoms with Gasteiger partial charge in [0.25, 0.3) is 0 Å². The minimum atomic E-state index is -4.39. The number of aryl methyl sites for hydroxylation is 1. The molecule has 0 atom stereocenters. The molecule has 0 radical (unpaired) electrons. The van der Waals surface area contributed by atoms with Crippen LogP contribution in [0.4, 0.5) is 18.9 Å². The van der Waals surface area contributed by atoms with Crippen LogP contribution >= 0.6 is 11.6 Å². The Morgan fingerprint density at radius 3 is 2.52 bits per heavy atom. The van der Waals surface area contributed by atoms with Crippen LogP contribution in [0.5, 0.6) is 5.75 Å². The van der Waals surface area contributed by atoms with Gasteiger partial charge >= 0.3 is 6.18 Å². The summed E-state index contributed by atoms with van der Waals surface area (Å²) < 4.78 is 48.3. The molecule has 0 unspecified atom stereocenters. The molecule has 0 saturated heterocycles. The Hall–Kier alpha value is -2.74. The Bertz CT molecular complexity index is 940. The lowest BCUT2D eigenvalue weighted by Gasteiger charge is -2.11. The first kappa shape index (κ1) is 19.0. The molecule has 0 aliphatic rings. The highest BCUT2D eigenvalue weighted by atomic mass is 35.5. The number of alkyl halides is 3. The molecule has 3 rings (SSSR count). The zero-order valence-electron chi connectivity index (χ0n) is 14.4. The van der Waals surface area contributed by atoms with Crippen molar-refractivity contribution < 1.29 is 22.4 Å². The van der Waals surface area contributed by atoms with E-state index in [2.05, 4.69) is 15.5 Å². The standard InChI is InChI=1S/C18H15ClF3N3O2/c1-10-7-14(15(26-2)8-13(10)19)23-9-16-24-17(25-27-16)11-3-5-12(6-4-11)18(20,21)22/h3-8,23H,9H2,1-2H3. The first-order valence-corrected chi connectivity index (χ1v) is 8.24. The molecule has 5 nitrogen and oxygen atoms in total. The van der Waals surface area contributed by atoms with Gasteiger partial charge in [0.1, 0.15) is 5.75 Å². The highest BCUT2D eigenvalue weighted by Gasteiger charge is 2.30. The molecule has 142 valence electrons. The molecule has 0 fully saturated rings. The summed E-state index contributed by atoms with van der Waals surface area (Å²) in [6.45, 7) is 2.08. The van der Waals surface area contributed by atoms with Crippen molar-refractivity contribution in [3.05, 3.63) is 58.4 Å². The van der Waals surface area contributed by atoms with Crippen LogP contribution in [0.15, 0.2) is 40.9 Å². The Morgan fingerprint density at radius 2 is 1.89 bits per heavy atom. The third-order valence-electron chi connectivity index (χ3n) is 3.85. The molecule has 0 spiro atoms. The summed E-state index contributed by atoms with van der Waals surface area (Å²) in [7, 11) is 1.53. The fourth-order valence-electron chi connectivity index (χ4n) is 2.39. The summed E-state index contributed by atoms with van der Waals surface area (Å²) >= 11 is 6.07. The number of hydrogen-bond donors (Lipinski definition) is 1. The summed E-state index contributed by atoms with van der Waals surface area (Å²) in [5.41, 5.74) is 1.27. The zero-order chi connectivity index (χ0) is 19.6. The van der Waals surface area contributed by atoms with Crippen LogP contribution in [-0.4, -0.2) is 17.3 Å². The van der Waals surface area contributed by atoms with Gasteiger partial charge in [-0.2, -0.15) is 18.2 Å². The van der Waals surface area contributed by atoms with E-state index in [1.165, 1.54) is 19.2 Å². The second kappa shape index (κ2) is 7.48. The van der Waals surface area contributed by atoms with Crippen LogP contribution in [-0.2, 0) is 12.7 Å². The van der Waals surface area contributed by atoms with Gasteiger partial charge in [-0.3, -0.25) is 0 Å². The monoisotopic (exact) mass is 397 g/mol. The predicted octanol–water partition coefficient (Wildman–Crippen LogP) is 5.34. The van der Waals surface area contributed by atoms with Gasteiger partial charge in [-0.15, -0.1) is 0 Å². The number of anilines is 1. The van der Waals surface area contributed by atoms with Crippen molar-refractivity contribution in [2.75, 3.05) is 12.4 Å². The molecule has 1 aromatic heterocycles. The van der Waals surface area contributed by atoms with Gasteiger partial charge in [-0.1, -0.05) is 28.9 Å². The minimum Gasteiger partial charge on any atom is -0.495 e. The highest BCUT2D eigenvalue weighted by molar-refractivity contribution is 6.31. The van der Waals surface area contributed by atoms with E-state index in [9.17, 15) is 13.2 Å². The smallest absolute Gasteiger partial charge is 0.416 e. The van der Waals surface area contributed by atoms with E-state index in [1.54, 1.807) is 6.07 Å². The van der Waals surface area contributed by atoms with E-state index in [1.807, 2.05) is 13.0 Å². The lowest BCUT2D eigenvalue weighted by atomic mass is 10.1. The number of ether oxygens (including phenoxy) is 1. The van der Waals surface area contributed by atoms with Gasteiger partial charge in [0.15, 0.2) is 0 Å². The summed E-state index contributed by atoms with van der Waals surface area (Å²) in [6, 6.07) is 8.08. The van der Waals surface area contributed by atoms with Gasteiger partial charge in [0.05, 0.1) is 24.9 Å². The first-order valence-electron chi connectivity index (χ1n) is 7.86. The molecule has 1 heterocycles. The quantitative estimate of drug-likeness (QED) is 0.629. The van der Waals surface area contributed by atoms with E-state index in [0.29, 0.717) is 22.0 Å². The molecule has 1 N–H and O–H groups in total. The number of nitrogens with zero attached hydrogens (tertiary/aromatic N) is 2. The third-order valence-corrected chi connectivity index (χ3v) is 4.26. The number of halogens is 4. The molecule has 0 bridgehead atoms. The topological polar surface area (TPSA) is 60.2 Å². The van der Waals surface area contributed by atoms with Crippen LogP contribution in [0.1, 0.15) is 17.0 Å². The summed E-state index contributed by atoms with van der Waals surface area (Å²) in [4.78, 5) is 4.19. The Morgan fingerprint density at radius 1 is 1.19 bits per heavy atom. The first-order chi connectivity index (χ1) is 12.8. The fraction of sp³-hybridized carbons (Fsp3) is 0.222. The van der Waals surface area contributed by atoms with E-state index in [4.69, 9.17) is 20.9 Å². The molecule has 0 aliphatic carbocycles. The van der Waals surface area contributed by atoms with Crippen molar-refractivity contribution in [2.45, 2.75) is 19.6 Å². The largest absolute Gasteiger partial charge is 0.495 e. The van der Waals surface area contributed by atoms with Crippen LogP contribution in [0.3, 0.4) is 0 Å². The van der Waals surface area contributed by atoms with Crippen molar-refractivity contribution in [1.29, 1.82) is 0 Å². The maximum Gasteiger partial charge on any atom is 0.416 e. The summed E-state index contributed by atoms with van der Waals surface area (Å²) in [6.07, 6.45) is -4.39. The number of hydrogen-bond acceptors (Lipinski definition) is 5. The van der Waals surface area contributed by atoms with Crippen LogP contribution in [0, 0.1) is 6.92 Å². The molecule has 3 aromatic rings. The van der Waals surface area contributed by atoms with Crippen molar-refractivity contribution >= 4 is 17.3 Å². The second-order valence-corrected chi connectivity index (χ2v) is 6.15. The van der Waals surface area contributed by atoms with Crippen molar-refractivity contribution in [3.63, 3.8) is 0 Å². The van der Waals surface area contributed by atoms with Crippen molar-refractivity contribution in [2.24, 2.45) is 0 Å². The normalized spacial score (nSPS) is 11.5. The average Bonchev–Trinajstić information content (AvgIpc) is 3.10. The molecular weight excluding hydrogens is 383 g/mol. The van der Waals surface area contributed by atoms with Crippen LogP contribution in [0.25, 0.3) is 11.4 Å². The number of nitrogens with one attached hydrogen (secondary N) is 1. The number of aromatic nitrogens is 2. The zero-order valence-corrected chi connectivity index (χ0v) is 15.1. The lowest BCUT2D eigenvalue weighted by molar-refractivity contribution is -0.137. The third kappa shape index (κ3) is 4.33. The molecule has 0 amide bonds. The fourth-order valence-corrected chi connectivity index (χ4v) is 2.55. The number of rotatable bonds is 5. The SMILES string of the molecule is COc1cc(Cl)c(C)cc1NCc1nc(-c2ccc(C(F)(F)F)cc2)no1. The van der Waals surface area contributed by atoms with Gasteiger partial charge in [-0.25, -0.2) is 0 Å². The molecular formula is C18H15ClF3N3O2. The molecule has 2 aromatic carbocycles. The van der Waals surface area contributed by atoms with Crippen LogP contribution in [0.2, 0.25) is 5.02 Å². The van der Waals surface area contributed by atoms with E-state index in [-0.39, 0.29) is 18.3 Å². The Labute approximate surface area is 158 Å². The van der Waals surface area contributed by atoms with Crippen LogP contribution < -0.4 is 10.1 Å². The van der Waals surface area contributed by atoms with E-state index in [0.717, 1.165) is 17.7 Å². The molecule has 0 aliphatic heterocycles. The predicted molar refractivity (Wildman–Crippen MR) is 94.8 cm³/mol. The van der Waals surface area contributed by atoms with Crippen molar-refractivity contribution in [3.8, 4) is 17.1 Å². The minimum absolute atomic E-state index is 0.208. The van der Waals surface area contributed by atoms with Gasteiger partial charge < -0.3 is 14.6 Å². The molecule has 27 heavy (non-hydrogen) atoms. The lowest BCUT2D eigenvalue weighted by Crippen LogP contribution is -2.04. The molecule has 9 heteroatoms. The Kier molecular flexibility index (Phi) is 5.27. The summed E-state index contributed by atoms with van der Waals surface area (Å²) in [5, 5.41) is 7.50. The van der Waals surface area contributed by atoms with Gasteiger partial charge in [-0.05, 0) is 30.7 Å². The van der Waals surface area contributed by atoms with E-state index < -0.39 is 11.7 Å². The molecule has 0 saturated carbocycles. The maximum absolute atomic E-state index is 12.6. The highest BCUT2D eigenvalue weighted by Crippen LogP contribution is 2.32. The Balaban J connectivity index is 1.73. The van der Waals surface area contributed by atoms with Gasteiger partial charge in [0.2, 0.25) is 11.7 Å². The van der Waals surface area contributed by atoms with Gasteiger partial charge in [0, 0.05) is 16.7 Å². The summed E-state index contributed by atoms with van der Waals surface area (Å²) in [5.74, 6) is 1.05. The van der Waals surface area contributed by atoms with E-state index >= 15 is 0 Å².